The molecule has 0 aromatic carbocycles. The monoisotopic (exact) mass is 118 g/mol. The molecule has 1 fully saturated rings. The Kier molecular flexibility index (Phi) is 1.84. The second-order valence-corrected chi connectivity index (χ2v) is 2.22. The number of rotatable bonds is 1. The third-order valence-electron chi connectivity index (χ3n) is 1.64. The Morgan fingerprint density at radius 1 is 1.62 bits per heavy atom. The zero-order valence-corrected chi connectivity index (χ0v) is 5.06. The van der Waals surface area contributed by atoms with Crippen LogP contribution >= 0.6 is 0 Å². The summed E-state index contributed by atoms with van der Waals surface area (Å²) in [5.74, 6) is 0.176. The van der Waals surface area contributed by atoms with Crippen LogP contribution in [0.5, 0.6) is 0 Å². The average Bonchev–Trinajstić information content (AvgIpc) is 2.14. The van der Waals surface area contributed by atoms with Crippen LogP contribution in [-0.4, -0.2) is 19.4 Å². The summed E-state index contributed by atoms with van der Waals surface area (Å²) in [6.45, 7) is 2.93. The lowest BCUT2D eigenvalue weighted by Crippen LogP contribution is -2.10. The maximum Gasteiger partial charge on any atom is 0.128 e. The summed E-state index contributed by atoms with van der Waals surface area (Å²) in [5, 5.41) is 0. The molecule has 0 spiro atoms. The van der Waals surface area contributed by atoms with E-state index in [9.17, 15) is 4.39 Å². The molecule has 0 aliphatic carbocycles. The molecule has 1 nitrogen and oxygen atoms in total. The Balaban J connectivity index is 2.30. The standard InChI is InChI=1S/C6H11FO/c1-2-5-3-8-4-6(5)7/h5-6H,2-4H2,1H3/t5-,6-/m1/s1. The van der Waals surface area contributed by atoms with Gasteiger partial charge < -0.3 is 4.74 Å². The van der Waals surface area contributed by atoms with Gasteiger partial charge in [-0.2, -0.15) is 0 Å². The van der Waals surface area contributed by atoms with Crippen LogP contribution in [-0.2, 0) is 4.74 Å². The lowest BCUT2D eigenvalue weighted by Gasteiger charge is -2.03. The summed E-state index contributed by atoms with van der Waals surface area (Å²) in [5.41, 5.74) is 0. The Bertz CT molecular complexity index is 74.9. The number of ether oxygens (including phenoxy) is 1. The van der Waals surface area contributed by atoms with Crippen molar-refractivity contribution in [1.29, 1.82) is 0 Å². The minimum atomic E-state index is -0.694. The highest BCUT2D eigenvalue weighted by molar-refractivity contribution is 4.72. The first-order valence-corrected chi connectivity index (χ1v) is 3.06. The summed E-state index contributed by atoms with van der Waals surface area (Å²) in [4.78, 5) is 0. The van der Waals surface area contributed by atoms with E-state index in [1.807, 2.05) is 6.92 Å². The van der Waals surface area contributed by atoms with Gasteiger partial charge in [0.15, 0.2) is 0 Å². The van der Waals surface area contributed by atoms with Gasteiger partial charge in [-0.1, -0.05) is 6.92 Å². The van der Waals surface area contributed by atoms with Gasteiger partial charge in [0.25, 0.3) is 0 Å². The molecule has 0 N–H and O–H groups in total. The predicted octanol–water partition coefficient (Wildman–Crippen LogP) is 1.38. The second-order valence-electron chi connectivity index (χ2n) is 2.22. The maximum absolute atomic E-state index is 12.5. The Morgan fingerprint density at radius 2 is 2.38 bits per heavy atom. The van der Waals surface area contributed by atoms with Gasteiger partial charge in [0.1, 0.15) is 6.17 Å². The number of hydrogen-bond acceptors (Lipinski definition) is 1. The van der Waals surface area contributed by atoms with Gasteiger partial charge in [-0.25, -0.2) is 4.39 Å². The highest BCUT2D eigenvalue weighted by Gasteiger charge is 2.25. The van der Waals surface area contributed by atoms with Crippen molar-refractivity contribution in [3.8, 4) is 0 Å². The molecular weight excluding hydrogens is 107 g/mol. The van der Waals surface area contributed by atoms with Crippen molar-refractivity contribution >= 4 is 0 Å². The van der Waals surface area contributed by atoms with E-state index >= 15 is 0 Å². The van der Waals surface area contributed by atoms with Crippen molar-refractivity contribution in [3.63, 3.8) is 0 Å². The highest BCUT2D eigenvalue weighted by Crippen LogP contribution is 2.19. The van der Waals surface area contributed by atoms with E-state index in [1.54, 1.807) is 0 Å². The summed E-state index contributed by atoms with van der Waals surface area (Å²) in [6, 6.07) is 0. The lowest BCUT2D eigenvalue weighted by molar-refractivity contribution is 0.172. The first kappa shape index (κ1) is 6.02. The van der Waals surface area contributed by atoms with Crippen molar-refractivity contribution in [1.82, 2.24) is 0 Å². The normalized spacial score (nSPS) is 38.2. The summed E-state index contributed by atoms with van der Waals surface area (Å²) in [7, 11) is 0. The van der Waals surface area contributed by atoms with Crippen molar-refractivity contribution in [3.05, 3.63) is 0 Å². The van der Waals surface area contributed by atoms with Crippen LogP contribution in [0.4, 0.5) is 4.39 Å². The summed E-state index contributed by atoms with van der Waals surface area (Å²) in [6.07, 6.45) is 0.209. The first-order chi connectivity index (χ1) is 3.84. The Morgan fingerprint density at radius 3 is 2.62 bits per heavy atom. The maximum atomic E-state index is 12.5. The van der Waals surface area contributed by atoms with Crippen molar-refractivity contribution in [2.45, 2.75) is 19.5 Å². The van der Waals surface area contributed by atoms with Crippen molar-refractivity contribution in [2.24, 2.45) is 5.92 Å². The number of halogens is 1. The van der Waals surface area contributed by atoms with Crippen LogP contribution in [0.1, 0.15) is 13.3 Å². The lowest BCUT2D eigenvalue weighted by atomic mass is 10.1. The van der Waals surface area contributed by atoms with Crippen LogP contribution in [0.15, 0.2) is 0 Å². The van der Waals surface area contributed by atoms with Gasteiger partial charge in [-0.3, -0.25) is 0 Å². The van der Waals surface area contributed by atoms with Crippen LogP contribution in [0.3, 0.4) is 0 Å². The minimum Gasteiger partial charge on any atom is -0.378 e. The molecule has 0 saturated carbocycles. The van der Waals surface area contributed by atoms with Crippen LogP contribution < -0.4 is 0 Å². The number of hydrogen-bond donors (Lipinski definition) is 0. The quantitative estimate of drug-likeness (QED) is 0.505. The molecule has 1 saturated heterocycles. The van der Waals surface area contributed by atoms with E-state index in [0.29, 0.717) is 13.2 Å². The van der Waals surface area contributed by atoms with Gasteiger partial charge in [-0.05, 0) is 6.42 Å². The molecule has 48 valence electrons. The molecular formula is C6H11FO. The first-order valence-electron chi connectivity index (χ1n) is 3.06. The number of alkyl halides is 1. The summed E-state index contributed by atoms with van der Waals surface area (Å²) < 4.78 is 17.3. The fraction of sp³-hybridized carbons (Fsp3) is 1.00. The molecule has 0 unspecified atom stereocenters. The van der Waals surface area contributed by atoms with E-state index in [4.69, 9.17) is 4.74 Å². The molecule has 0 bridgehead atoms. The topological polar surface area (TPSA) is 9.23 Å². The average molecular weight is 118 g/mol. The van der Waals surface area contributed by atoms with Crippen molar-refractivity contribution in [2.75, 3.05) is 13.2 Å². The molecule has 0 amide bonds. The zero-order valence-electron chi connectivity index (χ0n) is 5.06. The van der Waals surface area contributed by atoms with Gasteiger partial charge in [0.2, 0.25) is 0 Å². The molecule has 1 aliphatic rings. The van der Waals surface area contributed by atoms with Crippen LogP contribution in [0.2, 0.25) is 0 Å². The minimum absolute atomic E-state index is 0.176. The van der Waals surface area contributed by atoms with E-state index in [2.05, 4.69) is 0 Å². The Hall–Kier alpha value is -0.110. The zero-order chi connectivity index (χ0) is 5.98. The van der Waals surface area contributed by atoms with Crippen LogP contribution in [0, 0.1) is 5.92 Å². The molecule has 8 heavy (non-hydrogen) atoms. The van der Waals surface area contributed by atoms with Crippen LogP contribution in [0.25, 0.3) is 0 Å². The molecule has 1 heterocycles. The second kappa shape index (κ2) is 2.44. The summed E-state index contributed by atoms with van der Waals surface area (Å²) >= 11 is 0. The van der Waals surface area contributed by atoms with E-state index in [-0.39, 0.29) is 5.92 Å². The Labute approximate surface area is 48.8 Å². The van der Waals surface area contributed by atoms with Gasteiger partial charge in [-0.15, -0.1) is 0 Å². The molecule has 1 aliphatic heterocycles. The fourth-order valence-corrected chi connectivity index (χ4v) is 0.946. The van der Waals surface area contributed by atoms with Crippen molar-refractivity contribution < 1.29 is 9.13 Å². The smallest absolute Gasteiger partial charge is 0.128 e. The molecule has 0 radical (unpaired) electrons. The van der Waals surface area contributed by atoms with Gasteiger partial charge >= 0.3 is 0 Å². The van der Waals surface area contributed by atoms with Gasteiger partial charge in [0.05, 0.1) is 13.2 Å². The molecule has 1 rings (SSSR count). The van der Waals surface area contributed by atoms with Gasteiger partial charge in [0, 0.05) is 5.92 Å². The van der Waals surface area contributed by atoms with E-state index in [1.165, 1.54) is 0 Å². The van der Waals surface area contributed by atoms with E-state index in [0.717, 1.165) is 6.42 Å². The third kappa shape index (κ3) is 0.996. The van der Waals surface area contributed by atoms with E-state index < -0.39 is 6.17 Å². The molecule has 2 atom stereocenters. The largest absolute Gasteiger partial charge is 0.378 e. The molecule has 2 heteroatoms. The molecule has 0 aromatic heterocycles. The fourth-order valence-electron chi connectivity index (χ4n) is 0.946. The molecule has 0 aromatic rings. The third-order valence-corrected chi connectivity index (χ3v) is 1.64. The predicted molar refractivity (Wildman–Crippen MR) is 29.5 cm³/mol. The SMILES string of the molecule is CC[C@@H]1COC[C@H]1F. The highest BCUT2D eigenvalue weighted by atomic mass is 19.1.